The topological polar surface area (TPSA) is 52.6 Å². The molecule has 0 heterocycles. The minimum atomic E-state index is -0.497. The van der Waals surface area contributed by atoms with Crippen molar-refractivity contribution in [2.45, 2.75) is 33.6 Å². The summed E-state index contributed by atoms with van der Waals surface area (Å²) in [6, 6.07) is 13.7. The highest BCUT2D eigenvalue weighted by molar-refractivity contribution is 5.96. The van der Waals surface area contributed by atoms with E-state index in [9.17, 15) is 9.59 Å². The second-order valence-electron chi connectivity index (χ2n) is 6.41. The molecule has 0 radical (unpaired) electrons. The molecule has 0 atom stereocenters. The summed E-state index contributed by atoms with van der Waals surface area (Å²) in [5.74, 6) is 0.172. The summed E-state index contributed by atoms with van der Waals surface area (Å²) < 4.78 is 10.7. The van der Waals surface area contributed by atoms with Gasteiger partial charge in [-0.15, -0.1) is 0 Å². The number of hydrogen-bond acceptors (Lipinski definition) is 4. The second-order valence-corrected chi connectivity index (χ2v) is 6.41. The molecule has 0 spiro atoms. The van der Waals surface area contributed by atoms with Crippen LogP contribution in [0.2, 0.25) is 0 Å². The van der Waals surface area contributed by atoms with Gasteiger partial charge in [-0.05, 0) is 55.5 Å². The standard InChI is InChI=1S/C21H24O4/c1-15(2)8-7-13-24-20(22)17-10-6-11-18(14-17)21(23)25-19-12-5-4-9-16(19)3/h4-6,9-12,14-15H,7-8,13H2,1-3H3. The molecule has 2 aromatic rings. The number of hydrogen-bond donors (Lipinski definition) is 0. The van der Waals surface area contributed by atoms with E-state index >= 15 is 0 Å². The number of carbonyl (C=O) groups excluding carboxylic acids is 2. The van der Waals surface area contributed by atoms with Gasteiger partial charge < -0.3 is 9.47 Å². The normalized spacial score (nSPS) is 10.6. The van der Waals surface area contributed by atoms with Crippen molar-refractivity contribution in [2.75, 3.05) is 6.61 Å². The van der Waals surface area contributed by atoms with E-state index in [1.807, 2.05) is 19.1 Å². The number of aryl methyl sites for hydroxylation is 1. The van der Waals surface area contributed by atoms with Gasteiger partial charge in [0.05, 0.1) is 17.7 Å². The SMILES string of the molecule is Cc1ccccc1OC(=O)c1cccc(C(=O)OCCCC(C)C)c1. The average molecular weight is 340 g/mol. The van der Waals surface area contributed by atoms with E-state index in [4.69, 9.17) is 9.47 Å². The fraction of sp³-hybridized carbons (Fsp3) is 0.333. The van der Waals surface area contributed by atoms with Crippen LogP contribution in [0.4, 0.5) is 0 Å². The molecule has 0 N–H and O–H groups in total. The highest BCUT2D eigenvalue weighted by atomic mass is 16.5. The lowest BCUT2D eigenvalue weighted by atomic mass is 10.1. The fourth-order valence-electron chi connectivity index (χ4n) is 2.34. The predicted octanol–water partition coefficient (Wildman–Crippen LogP) is 4.81. The molecule has 132 valence electrons. The van der Waals surface area contributed by atoms with Gasteiger partial charge in [0.15, 0.2) is 0 Å². The Morgan fingerprint density at radius 3 is 2.32 bits per heavy atom. The first-order valence-corrected chi connectivity index (χ1v) is 8.52. The quantitative estimate of drug-likeness (QED) is 0.412. The molecule has 0 aliphatic rings. The number of esters is 2. The van der Waals surface area contributed by atoms with E-state index < -0.39 is 11.9 Å². The largest absolute Gasteiger partial charge is 0.462 e. The number of rotatable bonds is 7. The Hall–Kier alpha value is -2.62. The Balaban J connectivity index is 1.99. The minimum Gasteiger partial charge on any atom is -0.462 e. The number of carbonyl (C=O) groups is 2. The number of para-hydroxylation sites is 1. The highest BCUT2D eigenvalue weighted by Crippen LogP contribution is 2.18. The van der Waals surface area contributed by atoms with Crippen LogP contribution in [0, 0.1) is 12.8 Å². The second kappa shape index (κ2) is 9.02. The van der Waals surface area contributed by atoms with Gasteiger partial charge >= 0.3 is 11.9 Å². The van der Waals surface area contributed by atoms with Crippen molar-refractivity contribution in [2.24, 2.45) is 5.92 Å². The molecule has 0 aromatic heterocycles. The number of ether oxygens (including phenoxy) is 2. The van der Waals surface area contributed by atoms with E-state index in [2.05, 4.69) is 13.8 Å². The molecule has 0 saturated carbocycles. The van der Waals surface area contributed by atoms with E-state index in [1.54, 1.807) is 30.3 Å². The molecule has 0 amide bonds. The zero-order valence-corrected chi connectivity index (χ0v) is 15.0. The highest BCUT2D eigenvalue weighted by Gasteiger charge is 2.14. The third kappa shape index (κ3) is 5.75. The lowest BCUT2D eigenvalue weighted by molar-refractivity contribution is 0.0494. The average Bonchev–Trinajstić information content (AvgIpc) is 2.60. The van der Waals surface area contributed by atoms with Gasteiger partial charge in [-0.2, -0.15) is 0 Å². The Labute approximate surface area is 148 Å². The predicted molar refractivity (Wildman–Crippen MR) is 96.9 cm³/mol. The van der Waals surface area contributed by atoms with Crippen molar-refractivity contribution in [3.8, 4) is 5.75 Å². The maximum Gasteiger partial charge on any atom is 0.343 e. The van der Waals surface area contributed by atoms with Gasteiger partial charge in [-0.3, -0.25) is 0 Å². The van der Waals surface area contributed by atoms with E-state index in [0.717, 1.165) is 18.4 Å². The molecule has 4 heteroatoms. The zero-order chi connectivity index (χ0) is 18.2. The molecular formula is C21H24O4. The third-order valence-corrected chi connectivity index (χ3v) is 3.79. The first kappa shape index (κ1) is 18.7. The lowest BCUT2D eigenvalue weighted by Crippen LogP contribution is -2.12. The van der Waals surface area contributed by atoms with E-state index in [-0.39, 0.29) is 0 Å². The summed E-state index contributed by atoms with van der Waals surface area (Å²) in [4.78, 5) is 24.4. The van der Waals surface area contributed by atoms with Crippen molar-refractivity contribution >= 4 is 11.9 Å². The van der Waals surface area contributed by atoms with Crippen LogP contribution in [0.1, 0.15) is 53.0 Å². The third-order valence-electron chi connectivity index (χ3n) is 3.79. The smallest absolute Gasteiger partial charge is 0.343 e. The Kier molecular flexibility index (Phi) is 6.75. The van der Waals surface area contributed by atoms with Crippen molar-refractivity contribution in [3.63, 3.8) is 0 Å². The molecule has 25 heavy (non-hydrogen) atoms. The van der Waals surface area contributed by atoms with Gasteiger partial charge in [0.25, 0.3) is 0 Å². The molecule has 0 unspecified atom stereocenters. The molecule has 0 fully saturated rings. The minimum absolute atomic E-state index is 0.319. The van der Waals surface area contributed by atoms with Crippen molar-refractivity contribution in [1.29, 1.82) is 0 Å². The van der Waals surface area contributed by atoms with Gasteiger partial charge in [-0.25, -0.2) is 9.59 Å². The van der Waals surface area contributed by atoms with Gasteiger partial charge in [0, 0.05) is 0 Å². The summed E-state index contributed by atoms with van der Waals surface area (Å²) in [5.41, 5.74) is 1.54. The molecular weight excluding hydrogens is 316 g/mol. The first-order valence-electron chi connectivity index (χ1n) is 8.52. The summed E-state index contributed by atoms with van der Waals surface area (Å²) >= 11 is 0. The monoisotopic (exact) mass is 340 g/mol. The van der Waals surface area contributed by atoms with Crippen LogP contribution >= 0.6 is 0 Å². The van der Waals surface area contributed by atoms with Crippen LogP contribution in [-0.2, 0) is 4.74 Å². The Bertz CT molecular complexity index is 734. The van der Waals surface area contributed by atoms with Crippen LogP contribution in [0.25, 0.3) is 0 Å². The van der Waals surface area contributed by atoms with Crippen LogP contribution in [-0.4, -0.2) is 18.5 Å². The maximum absolute atomic E-state index is 12.3. The molecule has 2 rings (SSSR count). The van der Waals surface area contributed by atoms with E-state index in [0.29, 0.717) is 29.4 Å². The summed E-state index contributed by atoms with van der Waals surface area (Å²) in [7, 11) is 0. The molecule has 0 aliphatic heterocycles. The van der Waals surface area contributed by atoms with Crippen LogP contribution in [0.15, 0.2) is 48.5 Å². The maximum atomic E-state index is 12.3. The van der Waals surface area contributed by atoms with Crippen LogP contribution in [0.5, 0.6) is 5.75 Å². The molecule has 0 bridgehead atoms. The molecule has 4 nitrogen and oxygen atoms in total. The summed E-state index contributed by atoms with van der Waals surface area (Å²) in [6.07, 6.45) is 1.84. The first-order chi connectivity index (χ1) is 12.0. The van der Waals surface area contributed by atoms with Gasteiger partial charge in [0.1, 0.15) is 5.75 Å². The number of benzene rings is 2. The molecule has 2 aromatic carbocycles. The summed E-state index contributed by atoms with van der Waals surface area (Å²) in [6.45, 7) is 6.51. The Morgan fingerprint density at radius 1 is 0.960 bits per heavy atom. The fourth-order valence-corrected chi connectivity index (χ4v) is 2.34. The van der Waals surface area contributed by atoms with Crippen LogP contribution in [0.3, 0.4) is 0 Å². The summed E-state index contributed by atoms with van der Waals surface area (Å²) in [5, 5.41) is 0. The van der Waals surface area contributed by atoms with Gasteiger partial charge in [0.2, 0.25) is 0 Å². The van der Waals surface area contributed by atoms with Crippen molar-refractivity contribution in [3.05, 3.63) is 65.2 Å². The van der Waals surface area contributed by atoms with Crippen molar-refractivity contribution < 1.29 is 19.1 Å². The molecule has 0 aliphatic carbocycles. The van der Waals surface area contributed by atoms with Crippen LogP contribution < -0.4 is 4.74 Å². The van der Waals surface area contributed by atoms with Gasteiger partial charge in [-0.1, -0.05) is 38.1 Å². The van der Waals surface area contributed by atoms with E-state index in [1.165, 1.54) is 6.07 Å². The molecule has 0 saturated heterocycles. The zero-order valence-electron chi connectivity index (χ0n) is 15.0. The van der Waals surface area contributed by atoms with Crippen molar-refractivity contribution in [1.82, 2.24) is 0 Å². The Morgan fingerprint density at radius 2 is 1.64 bits per heavy atom. The lowest BCUT2D eigenvalue weighted by Gasteiger charge is -2.09.